The van der Waals surface area contributed by atoms with Crippen molar-refractivity contribution in [2.24, 2.45) is 11.8 Å². The summed E-state index contributed by atoms with van der Waals surface area (Å²) in [5.74, 6) is -0.124. The van der Waals surface area contributed by atoms with Crippen LogP contribution in [0.4, 0.5) is 0 Å². The molecular formula is C16H26O7. The third kappa shape index (κ3) is 4.17. The lowest BCUT2D eigenvalue weighted by Gasteiger charge is -2.40. The second-order valence-corrected chi connectivity index (χ2v) is 6.55. The van der Waals surface area contributed by atoms with Crippen LogP contribution in [0.25, 0.3) is 0 Å². The van der Waals surface area contributed by atoms with Crippen molar-refractivity contribution in [1.29, 1.82) is 0 Å². The van der Waals surface area contributed by atoms with E-state index < -0.39 is 37.3 Å². The molecule has 0 aromatic heterocycles. The molecule has 2 rings (SSSR count). The van der Waals surface area contributed by atoms with Crippen molar-refractivity contribution in [3.05, 3.63) is 11.6 Å². The van der Waals surface area contributed by atoms with E-state index in [9.17, 15) is 20.1 Å². The van der Waals surface area contributed by atoms with Crippen LogP contribution in [0.15, 0.2) is 11.6 Å². The Morgan fingerprint density at radius 2 is 2.00 bits per heavy atom. The third-order valence-corrected chi connectivity index (χ3v) is 4.66. The Balaban J connectivity index is 1.90. The summed E-state index contributed by atoms with van der Waals surface area (Å²) in [6.45, 7) is 3.50. The molecule has 0 unspecified atom stereocenters. The zero-order valence-corrected chi connectivity index (χ0v) is 13.5. The van der Waals surface area contributed by atoms with Gasteiger partial charge in [-0.2, -0.15) is 0 Å². The third-order valence-electron chi connectivity index (χ3n) is 4.66. The van der Waals surface area contributed by atoms with Crippen LogP contribution in [0.5, 0.6) is 0 Å². The largest absolute Gasteiger partial charge is 0.394 e. The fraction of sp³-hybridized carbons (Fsp3) is 0.812. The molecular weight excluding hydrogens is 304 g/mol. The van der Waals surface area contributed by atoms with E-state index in [-0.39, 0.29) is 24.2 Å². The van der Waals surface area contributed by atoms with Crippen LogP contribution in [0.2, 0.25) is 0 Å². The number of hydrogen-bond donors (Lipinski definition) is 4. The maximum absolute atomic E-state index is 12.0. The molecule has 1 aliphatic carbocycles. The number of ether oxygens (including phenoxy) is 2. The zero-order chi connectivity index (χ0) is 17.1. The number of carbonyl (C=O) groups is 1. The van der Waals surface area contributed by atoms with Crippen molar-refractivity contribution >= 4 is 5.78 Å². The molecule has 0 aromatic rings. The van der Waals surface area contributed by atoms with Gasteiger partial charge in [-0.15, -0.1) is 0 Å². The van der Waals surface area contributed by atoms with Crippen molar-refractivity contribution < 1.29 is 34.7 Å². The highest BCUT2D eigenvalue weighted by atomic mass is 16.7. The van der Waals surface area contributed by atoms with Gasteiger partial charge in [0.1, 0.15) is 24.4 Å². The fourth-order valence-corrected chi connectivity index (χ4v) is 3.08. The van der Waals surface area contributed by atoms with Crippen molar-refractivity contribution in [1.82, 2.24) is 0 Å². The summed E-state index contributed by atoms with van der Waals surface area (Å²) in [6.07, 6.45) is -3.10. The van der Waals surface area contributed by atoms with E-state index in [1.54, 1.807) is 6.08 Å². The van der Waals surface area contributed by atoms with Crippen LogP contribution < -0.4 is 0 Å². The molecule has 0 spiro atoms. The Morgan fingerprint density at radius 1 is 1.30 bits per heavy atom. The molecule has 0 aromatic carbocycles. The smallest absolute Gasteiger partial charge is 0.186 e. The Bertz CT molecular complexity index is 448. The monoisotopic (exact) mass is 330 g/mol. The van der Waals surface area contributed by atoms with Gasteiger partial charge in [0.05, 0.1) is 13.2 Å². The lowest BCUT2D eigenvalue weighted by atomic mass is 9.81. The lowest BCUT2D eigenvalue weighted by molar-refractivity contribution is -0.303. The summed E-state index contributed by atoms with van der Waals surface area (Å²) in [5.41, 5.74) is 1.08. The van der Waals surface area contributed by atoms with Gasteiger partial charge in [0.25, 0.3) is 0 Å². The van der Waals surface area contributed by atoms with E-state index in [0.717, 1.165) is 18.4 Å². The Labute approximate surface area is 135 Å². The molecule has 4 N–H and O–H groups in total. The molecule has 1 fully saturated rings. The number of allylic oxidation sites excluding steroid dienone is 2. The second kappa shape index (κ2) is 7.83. The van der Waals surface area contributed by atoms with E-state index >= 15 is 0 Å². The van der Waals surface area contributed by atoms with Crippen molar-refractivity contribution in [2.45, 2.75) is 57.4 Å². The van der Waals surface area contributed by atoms with Crippen molar-refractivity contribution in [2.75, 3.05) is 13.2 Å². The second-order valence-electron chi connectivity index (χ2n) is 6.55. The summed E-state index contributed by atoms with van der Waals surface area (Å²) in [7, 11) is 0. The number of ketones is 1. The number of aliphatic hydroxyl groups excluding tert-OH is 4. The van der Waals surface area contributed by atoms with Gasteiger partial charge >= 0.3 is 0 Å². The summed E-state index contributed by atoms with van der Waals surface area (Å²) in [5, 5.41) is 38.5. The van der Waals surface area contributed by atoms with Gasteiger partial charge in [-0.25, -0.2) is 0 Å². The molecule has 7 atom stereocenters. The van der Waals surface area contributed by atoms with Crippen LogP contribution in [-0.2, 0) is 14.3 Å². The number of rotatable bonds is 5. The minimum Gasteiger partial charge on any atom is -0.394 e. The van der Waals surface area contributed by atoms with Crippen LogP contribution >= 0.6 is 0 Å². The number of carbonyl (C=O) groups excluding carboxylic acids is 1. The SMILES string of the molecule is CC1=CC(=O)[C@@H]([C@H](C)CO[C@@H]2O[C@H](CO)[C@@H](O)[C@H](O)[C@H]2O)CC1. The molecule has 0 saturated carbocycles. The van der Waals surface area contributed by atoms with Gasteiger partial charge in [0, 0.05) is 5.92 Å². The molecule has 0 radical (unpaired) electrons. The summed E-state index contributed by atoms with van der Waals surface area (Å²) in [6, 6.07) is 0. The van der Waals surface area contributed by atoms with Crippen LogP contribution in [-0.4, -0.2) is 70.1 Å². The lowest BCUT2D eigenvalue weighted by Crippen LogP contribution is -2.59. The van der Waals surface area contributed by atoms with Crippen molar-refractivity contribution in [3.8, 4) is 0 Å². The van der Waals surface area contributed by atoms with Crippen LogP contribution in [0.1, 0.15) is 26.7 Å². The average molecular weight is 330 g/mol. The van der Waals surface area contributed by atoms with Crippen molar-refractivity contribution in [3.63, 3.8) is 0 Å². The molecule has 7 nitrogen and oxygen atoms in total. The van der Waals surface area contributed by atoms with Crippen LogP contribution in [0, 0.1) is 11.8 Å². The highest BCUT2D eigenvalue weighted by Crippen LogP contribution is 2.28. The molecule has 0 bridgehead atoms. The first-order valence-electron chi connectivity index (χ1n) is 7.98. The zero-order valence-electron chi connectivity index (χ0n) is 13.5. The standard InChI is InChI=1S/C16H26O7/c1-8-3-4-10(11(18)5-8)9(2)7-22-16-15(21)14(20)13(19)12(6-17)23-16/h5,9-10,12-17,19-21H,3-4,6-7H2,1-2H3/t9-,10-,12-,13-,14+,15-,16-/m1/s1. The maximum Gasteiger partial charge on any atom is 0.186 e. The van der Waals surface area contributed by atoms with Gasteiger partial charge < -0.3 is 29.9 Å². The van der Waals surface area contributed by atoms with Gasteiger partial charge in [0.2, 0.25) is 0 Å². The predicted molar refractivity (Wildman–Crippen MR) is 80.4 cm³/mol. The predicted octanol–water partition coefficient (Wildman–Crippen LogP) is -0.636. The minimum absolute atomic E-state index is 0.0702. The average Bonchev–Trinajstić information content (AvgIpc) is 2.51. The molecule has 2 aliphatic rings. The molecule has 0 amide bonds. The molecule has 1 aliphatic heterocycles. The summed E-state index contributed by atoms with van der Waals surface area (Å²) >= 11 is 0. The number of aliphatic hydroxyl groups is 4. The topological polar surface area (TPSA) is 116 Å². The fourth-order valence-electron chi connectivity index (χ4n) is 3.08. The molecule has 1 saturated heterocycles. The molecule has 7 heteroatoms. The molecule has 23 heavy (non-hydrogen) atoms. The summed E-state index contributed by atoms with van der Waals surface area (Å²) in [4.78, 5) is 12.0. The Morgan fingerprint density at radius 3 is 2.61 bits per heavy atom. The van der Waals surface area contributed by atoms with Gasteiger partial charge in [-0.05, 0) is 31.8 Å². The minimum atomic E-state index is -1.46. The van der Waals surface area contributed by atoms with E-state index in [1.165, 1.54) is 0 Å². The highest BCUT2D eigenvalue weighted by molar-refractivity contribution is 5.93. The van der Waals surface area contributed by atoms with Gasteiger partial charge in [-0.3, -0.25) is 4.79 Å². The first kappa shape index (κ1) is 18.5. The van der Waals surface area contributed by atoms with Gasteiger partial charge in [-0.1, -0.05) is 12.5 Å². The first-order valence-corrected chi connectivity index (χ1v) is 7.98. The van der Waals surface area contributed by atoms with E-state index in [1.807, 2.05) is 13.8 Å². The van der Waals surface area contributed by atoms with E-state index in [4.69, 9.17) is 14.6 Å². The van der Waals surface area contributed by atoms with Gasteiger partial charge in [0.15, 0.2) is 12.1 Å². The van der Waals surface area contributed by atoms with E-state index in [2.05, 4.69) is 0 Å². The Hall–Kier alpha value is -0.830. The Kier molecular flexibility index (Phi) is 6.30. The quantitative estimate of drug-likeness (QED) is 0.530. The van der Waals surface area contributed by atoms with Crippen LogP contribution in [0.3, 0.4) is 0 Å². The first-order chi connectivity index (χ1) is 10.8. The maximum atomic E-state index is 12.0. The summed E-state index contributed by atoms with van der Waals surface area (Å²) < 4.78 is 10.8. The normalized spacial score (nSPS) is 39.9. The van der Waals surface area contributed by atoms with E-state index in [0.29, 0.717) is 0 Å². The molecule has 1 heterocycles. The molecule has 132 valence electrons. The highest BCUT2D eigenvalue weighted by Gasteiger charge is 2.44. The number of hydrogen-bond acceptors (Lipinski definition) is 7.